The van der Waals surface area contributed by atoms with Gasteiger partial charge in [-0.2, -0.15) is 25.4 Å². The Labute approximate surface area is 475 Å². The minimum absolute atomic E-state index is 0.0390. The number of unbranched alkanes of at least 4 members (excludes halogenated alkanes) is 1. The number of carboxylic acids is 1. The Morgan fingerprint density at radius 2 is 1.54 bits per heavy atom. The largest absolute Gasteiger partial charge is 0.497 e. The van der Waals surface area contributed by atoms with Crippen molar-refractivity contribution in [2.75, 3.05) is 54.5 Å². The van der Waals surface area contributed by atoms with Gasteiger partial charge in [-0.3, -0.25) is 19.2 Å². The van der Waals surface area contributed by atoms with E-state index in [2.05, 4.69) is 36.0 Å². The van der Waals surface area contributed by atoms with Crippen LogP contribution in [0.15, 0.2) is 54.6 Å². The van der Waals surface area contributed by atoms with Crippen LogP contribution in [-0.2, 0) is 54.3 Å². The summed E-state index contributed by atoms with van der Waals surface area (Å²) in [6.07, 6.45) is 15.7. The maximum Gasteiger partial charge on any atom is 0.311 e. The van der Waals surface area contributed by atoms with Crippen LogP contribution in [0.1, 0.15) is 164 Å². The van der Waals surface area contributed by atoms with E-state index in [1.165, 1.54) is 50.9 Å². The molecule has 0 radical (unpaired) electrons. The molecule has 5 unspecified atom stereocenters. The van der Waals surface area contributed by atoms with Gasteiger partial charge in [-0.05, 0) is 142 Å². The van der Waals surface area contributed by atoms with Gasteiger partial charge in [-0.15, -0.1) is 0 Å². The van der Waals surface area contributed by atoms with Gasteiger partial charge in [0.2, 0.25) is 5.91 Å². The maximum atomic E-state index is 14.0. The van der Waals surface area contributed by atoms with Crippen LogP contribution >= 0.6 is 0 Å². The van der Waals surface area contributed by atoms with Crippen LogP contribution in [0.25, 0.3) is 33.1 Å². The van der Waals surface area contributed by atoms with E-state index in [1.54, 1.807) is 32.4 Å². The number of nitrogens with two attached hydrogens (primary N) is 1. The van der Waals surface area contributed by atoms with Gasteiger partial charge in [0.05, 0.1) is 29.7 Å². The zero-order valence-corrected chi connectivity index (χ0v) is 48.7. The van der Waals surface area contributed by atoms with E-state index in [0.717, 1.165) is 104 Å². The molecule has 3 aliphatic heterocycles. The summed E-state index contributed by atoms with van der Waals surface area (Å²) in [4.78, 5) is 53.0. The summed E-state index contributed by atoms with van der Waals surface area (Å²) < 4.78 is 74.0. The number of carboxylic acid groups (broad SMARTS) is 1. The fraction of sp³-hybridized carbons (Fsp3) is 0.567. The van der Waals surface area contributed by atoms with Crippen LogP contribution in [0, 0.1) is 16.7 Å². The SMILES string of the molecule is COC1Cc2c(C3CCCCC3)c3ccc(C(=O)NS(=O)(=O)N(C)CCCCN)cc3n2CC2(C(=O)O)CC12.COc1ccc2c(c1)C1CC13Cn1c-2c(C2CCCCC2)c2ccc(cc21)C(=O)NS(=O)(=O)N(C)CCCCNC3=O. The second-order valence-electron chi connectivity index (χ2n) is 24.0. The molecule has 7 aliphatic rings. The molecule has 81 heavy (non-hydrogen) atoms. The Balaban J connectivity index is 0.000000171. The second-order valence-corrected chi connectivity index (χ2v) is 27.6. The average molecular weight is 1150 g/mol. The van der Waals surface area contributed by atoms with Crippen molar-refractivity contribution in [3.8, 4) is 17.0 Å². The van der Waals surface area contributed by atoms with Crippen molar-refractivity contribution < 1.29 is 50.6 Å². The van der Waals surface area contributed by atoms with Crippen LogP contribution in [0.2, 0.25) is 0 Å². The standard InChI is InChI=1S/C32H38N4O5S.C28H40N4O6S/c1-35-15-7-6-14-33-31(38)32-18-26(32)25-17-22(41-2)11-13-23(25)29-28(20-8-4-3-5-9-20)24-12-10-21(16-27(24)36(29)19-32)30(37)34-42(35,39)40;1-31(13-7-6-12-29)39(36,37)30-26(33)19-10-11-20-22(14-19)32-17-28(27(34)35)16-21(28)24(38-2)15-23(32)25(20)18-8-4-3-5-9-18/h10-13,16-17,20,26H,3-9,14-15,18-19H2,1-2H3,(H,33,38)(H,34,37);10-11,14,18,21,24H,3-9,12-13,15-17,29H2,1-2H3,(H,30,33)(H,34,35). The van der Waals surface area contributed by atoms with Gasteiger partial charge in [-0.1, -0.05) is 50.7 Å². The predicted molar refractivity (Wildman–Crippen MR) is 309 cm³/mol. The van der Waals surface area contributed by atoms with Crippen molar-refractivity contribution in [1.82, 2.24) is 32.5 Å². The molecule has 436 valence electrons. The van der Waals surface area contributed by atoms with Crippen LogP contribution < -0.4 is 25.2 Å². The third kappa shape index (κ3) is 10.5. The van der Waals surface area contributed by atoms with E-state index in [0.29, 0.717) is 76.5 Å². The van der Waals surface area contributed by atoms with E-state index in [4.69, 9.17) is 15.2 Å². The van der Waals surface area contributed by atoms with E-state index >= 15 is 0 Å². The highest BCUT2D eigenvalue weighted by Crippen LogP contribution is 2.66. The number of ether oxygens (including phenoxy) is 2. The summed E-state index contributed by atoms with van der Waals surface area (Å²) in [5.41, 5.74) is 13.2. The molecule has 21 heteroatoms. The van der Waals surface area contributed by atoms with Gasteiger partial charge >= 0.3 is 26.4 Å². The molecule has 4 bridgehead atoms. The van der Waals surface area contributed by atoms with Gasteiger partial charge < -0.3 is 34.8 Å². The first-order chi connectivity index (χ1) is 38.9. The lowest BCUT2D eigenvalue weighted by atomic mass is 9.81. The number of aliphatic carboxylic acids is 1. The predicted octanol–water partition coefficient (Wildman–Crippen LogP) is 7.66. The minimum Gasteiger partial charge on any atom is -0.497 e. The van der Waals surface area contributed by atoms with E-state index in [-0.39, 0.29) is 48.1 Å². The van der Waals surface area contributed by atoms with Crippen molar-refractivity contribution in [2.24, 2.45) is 22.5 Å². The Kier molecular flexibility index (Phi) is 15.8. The third-order valence-corrected chi connectivity index (χ3v) is 22.1. The van der Waals surface area contributed by atoms with Gasteiger partial charge in [0.25, 0.3) is 11.8 Å². The number of nitrogens with zero attached hydrogens (tertiary/aromatic N) is 4. The Morgan fingerprint density at radius 3 is 2.23 bits per heavy atom. The topological polar surface area (TPSA) is 254 Å². The molecular formula is C60H78N8O11S2. The first-order valence-corrected chi connectivity index (χ1v) is 32.0. The van der Waals surface area contributed by atoms with Crippen molar-refractivity contribution >= 4 is 65.9 Å². The summed E-state index contributed by atoms with van der Waals surface area (Å²) in [6.45, 7) is 2.27. The summed E-state index contributed by atoms with van der Waals surface area (Å²) in [5, 5.41) is 15.5. The fourth-order valence-corrected chi connectivity index (χ4v) is 16.3. The van der Waals surface area contributed by atoms with Crippen molar-refractivity contribution in [3.05, 3.63) is 88.1 Å². The van der Waals surface area contributed by atoms with Crippen LogP contribution in [0.3, 0.4) is 0 Å². The summed E-state index contributed by atoms with van der Waals surface area (Å²) >= 11 is 0. The van der Waals surface area contributed by atoms with Gasteiger partial charge in [0, 0.05) is 116 Å². The number of hydrogen-bond donors (Lipinski definition) is 5. The molecule has 3 amide bonds. The molecule has 5 heterocycles. The molecule has 2 aromatic heterocycles. The molecular weight excluding hydrogens is 1070 g/mol. The van der Waals surface area contributed by atoms with E-state index in [1.807, 2.05) is 24.3 Å². The first kappa shape index (κ1) is 57.0. The number of aromatic nitrogens is 2. The number of hydrogen-bond acceptors (Lipinski definition) is 11. The average Bonchev–Trinajstić information content (AvgIpc) is 1.97. The Hall–Kier alpha value is -5.84. The number of nitrogens with one attached hydrogen (secondary N) is 3. The number of rotatable bonds is 12. The molecule has 6 N–H and O–H groups in total. The maximum absolute atomic E-state index is 14.0. The van der Waals surface area contributed by atoms with E-state index in [9.17, 15) is 41.1 Å². The molecule has 0 saturated heterocycles. The zero-order valence-electron chi connectivity index (χ0n) is 47.1. The molecule has 4 saturated carbocycles. The van der Waals surface area contributed by atoms with Crippen molar-refractivity contribution in [2.45, 2.75) is 146 Å². The van der Waals surface area contributed by atoms with Crippen LogP contribution in [0.5, 0.6) is 5.75 Å². The highest BCUT2D eigenvalue weighted by Gasteiger charge is 2.65. The zero-order chi connectivity index (χ0) is 57.2. The van der Waals surface area contributed by atoms with Gasteiger partial charge in [0.15, 0.2) is 0 Å². The molecule has 5 atom stereocenters. The molecule has 3 aromatic carbocycles. The number of fused-ring (bicyclic) bond motifs is 8. The Bertz CT molecular complexity index is 3530. The molecule has 5 aromatic rings. The fourth-order valence-electron chi connectivity index (χ4n) is 14.5. The number of amides is 3. The summed E-state index contributed by atoms with van der Waals surface area (Å²) in [5.74, 6) is -0.611. The number of carbonyl (C=O) groups is 4. The molecule has 4 aliphatic carbocycles. The molecule has 4 fully saturated rings. The highest BCUT2D eigenvalue weighted by molar-refractivity contribution is 7.88. The third-order valence-electron chi connectivity index (χ3n) is 19.2. The van der Waals surface area contributed by atoms with E-state index < -0.39 is 49.0 Å². The Morgan fingerprint density at radius 1 is 0.852 bits per heavy atom. The van der Waals surface area contributed by atoms with Gasteiger partial charge in [-0.25, -0.2) is 9.44 Å². The summed E-state index contributed by atoms with van der Waals surface area (Å²) in [7, 11) is -1.80. The lowest BCUT2D eigenvalue weighted by Gasteiger charge is -2.24. The minimum atomic E-state index is -4.02. The number of benzene rings is 3. The smallest absolute Gasteiger partial charge is 0.311 e. The lowest BCUT2D eigenvalue weighted by Crippen LogP contribution is -2.42. The van der Waals surface area contributed by atoms with Crippen LogP contribution in [-0.4, -0.2) is 124 Å². The van der Waals surface area contributed by atoms with Crippen LogP contribution in [0.4, 0.5) is 0 Å². The molecule has 12 rings (SSSR count). The summed E-state index contributed by atoms with van der Waals surface area (Å²) in [6, 6.07) is 17.1. The number of methoxy groups -OCH3 is 2. The normalized spacial score (nSPS) is 25.8. The first-order valence-electron chi connectivity index (χ1n) is 29.2. The quantitative estimate of drug-likeness (QED) is 0.0755. The highest BCUT2D eigenvalue weighted by atomic mass is 32.2. The van der Waals surface area contributed by atoms with Gasteiger partial charge in [0.1, 0.15) is 5.75 Å². The monoisotopic (exact) mass is 1150 g/mol. The van der Waals surface area contributed by atoms with Crippen molar-refractivity contribution in [1.29, 1.82) is 0 Å². The molecule has 1 spiro atoms. The lowest BCUT2D eigenvalue weighted by molar-refractivity contribution is -0.145. The second kappa shape index (κ2) is 22.4. The van der Waals surface area contributed by atoms with Crippen molar-refractivity contribution in [3.63, 3.8) is 0 Å². The number of carbonyl (C=O) groups excluding carboxylic acids is 3. The molecule has 19 nitrogen and oxygen atoms in total.